The predicted octanol–water partition coefficient (Wildman–Crippen LogP) is 2.06. The van der Waals surface area contributed by atoms with Gasteiger partial charge in [-0.3, -0.25) is 0 Å². The van der Waals surface area contributed by atoms with Crippen LogP contribution in [0.15, 0.2) is 24.3 Å². The number of aryl methyl sites for hydroxylation is 1. The van der Waals surface area contributed by atoms with Crippen LogP contribution in [-0.2, 0) is 9.47 Å². The molecule has 0 aromatic heterocycles. The molecule has 2 rings (SSSR count). The summed E-state index contributed by atoms with van der Waals surface area (Å²) in [4.78, 5) is 0. The minimum Gasteiger partial charge on any atom is -0.376 e. The van der Waals surface area contributed by atoms with Gasteiger partial charge < -0.3 is 14.8 Å². The van der Waals surface area contributed by atoms with Gasteiger partial charge in [0.15, 0.2) is 0 Å². The van der Waals surface area contributed by atoms with Gasteiger partial charge in [0, 0.05) is 0 Å². The van der Waals surface area contributed by atoms with E-state index in [1.165, 1.54) is 11.1 Å². The van der Waals surface area contributed by atoms with Gasteiger partial charge in [-0.25, -0.2) is 0 Å². The predicted molar refractivity (Wildman–Crippen MR) is 68.2 cm³/mol. The summed E-state index contributed by atoms with van der Waals surface area (Å²) < 4.78 is 11.3. The lowest BCUT2D eigenvalue weighted by atomic mass is 9.99. The van der Waals surface area contributed by atoms with E-state index in [-0.39, 0.29) is 12.1 Å². The van der Waals surface area contributed by atoms with Crippen LogP contribution in [0.2, 0.25) is 0 Å². The summed E-state index contributed by atoms with van der Waals surface area (Å²) in [5.41, 5.74) is 2.56. The number of nitrogens with one attached hydrogen (secondary N) is 1. The van der Waals surface area contributed by atoms with E-state index in [1.807, 2.05) is 0 Å². The molecule has 0 radical (unpaired) electrons. The second-order valence-corrected chi connectivity index (χ2v) is 4.43. The van der Waals surface area contributed by atoms with E-state index in [2.05, 4.69) is 43.4 Å². The van der Waals surface area contributed by atoms with Crippen molar-refractivity contribution in [1.82, 2.24) is 5.32 Å². The third kappa shape index (κ3) is 3.28. The maximum absolute atomic E-state index is 5.80. The fourth-order valence-corrected chi connectivity index (χ4v) is 2.25. The van der Waals surface area contributed by atoms with Crippen LogP contribution in [-0.4, -0.2) is 32.5 Å². The van der Waals surface area contributed by atoms with Gasteiger partial charge in [-0.2, -0.15) is 0 Å². The highest BCUT2D eigenvalue weighted by Gasteiger charge is 2.25. The lowest BCUT2D eigenvalue weighted by molar-refractivity contribution is -0.102. The number of likely N-dealkylation sites (N-methyl/N-ethyl adjacent to an activating group) is 1. The summed E-state index contributed by atoms with van der Waals surface area (Å²) >= 11 is 0. The Hall–Kier alpha value is -0.900. The van der Waals surface area contributed by atoms with Gasteiger partial charge >= 0.3 is 0 Å². The quantitative estimate of drug-likeness (QED) is 0.866. The molecule has 1 heterocycles. The fourth-order valence-electron chi connectivity index (χ4n) is 2.25. The van der Waals surface area contributed by atoms with E-state index in [1.54, 1.807) is 0 Å². The minimum absolute atomic E-state index is 0.116. The normalized spacial score (nSPS) is 22.4. The van der Waals surface area contributed by atoms with Gasteiger partial charge in [-0.15, -0.1) is 0 Å². The standard InChI is InChI=1S/C14H21NO2/c1-3-15-14(13-10-16-7-8-17-13)12-6-4-5-11(2)9-12/h4-6,9,13-15H,3,7-8,10H2,1-2H3. The second kappa shape index (κ2) is 6.15. The Labute approximate surface area is 103 Å². The summed E-state index contributed by atoms with van der Waals surface area (Å²) in [6.07, 6.45) is 0.116. The first-order valence-corrected chi connectivity index (χ1v) is 6.30. The minimum atomic E-state index is 0.116. The van der Waals surface area contributed by atoms with Gasteiger partial charge in [0.05, 0.1) is 25.9 Å². The Balaban J connectivity index is 2.15. The molecule has 0 saturated carbocycles. The molecule has 94 valence electrons. The summed E-state index contributed by atoms with van der Waals surface area (Å²) in [5.74, 6) is 0. The Kier molecular flexibility index (Phi) is 4.54. The van der Waals surface area contributed by atoms with Crippen LogP contribution < -0.4 is 5.32 Å². The average Bonchev–Trinajstić information content (AvgIpc) is 2.37. The molecule has 1 fully saturated rings. The number of rotatable bonds is 4. The zero-order valence-corrected chi connectivity index (χ0v) is 10.6. The molecule has 1 N–H and O–H groups in total. The van der Waals surface area contributed by atoms with E-state index in [4.69, 9.17) is 9.47 Å². The van der Waals surface area contributed by atoms with Crippen LogP contribution in [0.5, 0.6) is 0 Å². The molecule has 2 unspecified atom stereocenters. The number of ether oxygens (including phenoxy) is 2. The van der Waals surface area contributed by atoms with Crippen molar-refractivity contribution in [2.45, 2.75) is 26.0 Å². The highest BCUT2D eigenvalue weighted by Crippen LogP contribution is 2.22. The molecule has 1 aliphatic heterocycles. The lowest BCUT2D eigenvalue weighted by Crippen LogP contribution is -2.40. The summed E-state index contributed by atoms with van der Waals surface area (Å²) in [5, 5.41) is 3.49. The average molecular weight is 235 g/mol. The first-order chi connectivity index (χ1) is 8.31. The van der Waals surface area contributed by atoms with Crippen LogP contribution in [0.25, 0.3) is 0 Å². The molecular weight excluding hydrogens is 214 g/mol. The van der Waals surface area contributed by atoms with E-state index >= 15 is 0 Å². The van der Waals surface area contributed by atoms with E-state index in [0.29, 0.717) is 19.8 Å². The molecule has 0 spiro atoms. The molecular formula is C14H21NO2. The topological polar surface area (TPSA) is 30.5 Å². The molecule has 3 nitrogen and oxygen atoms in total. The Morgan fingerprint density at radius 3 is 2.94 bits per heavy atom. The molecule has 1 aromatic carbocycles. The van der Waals surface area contributed by atoms with Crippen LogP contribution in [0.1, 0.15) is 24.1 Å². The van der Waals surface area contributed by atoms with Crippen molar-refractivity contribution in [2.75, 3.05) is 26.4 Å². The number of hydrogen-bond donors (Lipinski definition) is 1. The smallest absolute Gasteiger partial charge is 0.100 e. The Morgan fingerprint density at radius 1 is 1.41 bits per heavy atom. The zero-order valence-electron chi connectivity index (χ0n) is 10.6. The summed E-state index contributed by atoms with van der Waals surface area (Å²) in [6.45, 7) is 7.24. The molecule has 0 amide bonds. The molecule has 2 atom stereocenters. The van der Waals surface area contributed by atoms with Gasteiger partial charge in [-0.05, 0) is 19.0 Å². The first-order valence-electron chi connectivity index (χ1n) is 6.30. The molecule has 1 aromatic rings. The molecule has 1 saturated heterocycles. The number of hydrogen-bond acceptors (Lipinski definition) is 3. The maximum Gasteiger partial charge on any atom is 0.100 e. The second-order valence-electron chi connectivity index (χ2n) is 4.43. The van der Waals surface area contributed by atoms with Crippen LogP contribution in [0.4, 0.5) is 0 Å². The zero-order chi connectivity index (χ0) is 12.1. The molecule has 1 aliphatic rings. The van der Waals surface area contributed by atoms with E-state index in [0.717, 1.165) is 6.54 Å². The summed E-state index contributed by atoms with van der Waals surface area (Å²) in [7, 11) is 0. The van der Waals surface area contributed by atoms with Crippen molar-refractivity contribution in [1.29, 1.82) is 0 Å². The Morgan fingerprint density at radius 2 is 2.29 bits per heavy atom. The summed E-state index contributed by atoms with van der Waals surface area (Å²) in [6, 6.07) is 8.80. The van der Waals surface area contributed by atoms with Crippen LogP contribution >= 0.6 is 0 Å². The van der Waals surface area contributed by atoms with Crippen molar-refractivity contribution < 1.29 is 9.47 Å². The van der Waals surface area contributed by atoms with Crippen molar-refractivity contribution in [3.63, 3.8) is 0 Å². The van der Waals surface area contributed by atoms with Crippen molar-refractivity contribution in [2.24, 2.45) is 0 Å². The first kappa shape index (κ1) is 12.6. The van der Waals surface area contributed by atoms with Gasteiger partial charge in [-0.1, -0.05) is 36.8 Å². The SMILES string of the molecule is CCNC(c1cccc(C)c1)C1COCCO1. The van der Waals surface area contributed by atoms with Gasteiger partial charge in [0.25, 0.3) is 0 Å². The van der Waals surface area contributed by atoms with Crippen molar-refractivity contribution >= 4 is 0 Å². The van der Waals surface area contributed by atoms with Gasteiger partial charge in [0.1, 0.15) is 6.10 Å². The molecule has 0 bridgehead atoms. The highest BCUT2D eigenvalue weighted by atomic mass is 16.6. The lowest BCUT2D eigenvalue weighted by Gasteiger charge is -2.31. The van der Waals surface area contributed by atoms with Crippen LogP contribution in [0.3, 0.4) is 0 Å². The fraction of sp³-hybridized carbons (Fsp3) is 0.571. The number of benzene rings is 1. The molecule has 3 heteroatoms. The molecule has 0 aliphatic carbocycles. The third-order valence-electron chi connectivity index (χ3n) is 3.04. The maximum atomic E-state index is 5.80. The van der Waals surface area contributed by atoms with Crippen LogP contribution in [0, 0.1) is 6.92 Å². The highest BCUT2D eigenvalue weighted by molar-refractivity contribution is 5.26. The monoisotopic (exact) mass is 235 g/mol. The molecule has 17 heavy (non-hydrogen) atoms. The van der Waals surface area contributed by atoms with Crippen molar-refractivity contribution in [3.8, 4) is 0 Å². The van der Waals surface area contributed by atoms with Crippen molar-refractivity contribution in [3.05, 3.63) is 35.4 Å². The van der Waals surface area contributed by atoms with E-state index < -0.39 is 0 Å². The van der Waals surface area contributed by atoms with Gasteiger partial charge in [0.2, 0.25) is 0 Å². The van der Waals surface area contributed by atoms with E-state index in [9.17, 15) is 0 Å². The Bertz CT molecular complexity index is 348. The largest absolute Gasteiger partial charge is 0.376 e. The third-order valence-corrected chi connectivity index (χ3v) is 3.04.